The number of thiophene rings is 1. The van der Waals surface area contributed by atoms with E-state index in [-0.39, 0.29) is 11.9 Å². The number of likely N-dealkylation sites (tertiary alicyclic amines) is 1. The lowest BCUT2D eigenvalue weighted by molar-refractivity contribution is -0.127. The summed E-state index contributed by atoms with van der Waals surface area (Å²) in [4.78, 5) is 15.4. The second-order valence-electron chi connectivity index (χ2n) is 6.24. The first kappa shape index (κ1) is 16.9. The molecule has 1 N–H and O–H groups in total. The summed E-state index contributed by atoms with van der Waals surface area (Å²) in [6.45, 7) is 2.74. The summed E-state index contributed by atoms with van der Waals surface area (Å²) in [5.41, 5.74) is 1.99. The van der Waals surface area contributed by atoms with Crippen LogP contribution in [0, 0.1) is 6.92 Å². The lowest BCUT2D eigenvalue weighted by Gasteiger charge is -2.25. The van der Waals surface area contributed by atoms with Crippen molar-refractivity contribution in [3.8, 4) is 0 Å². The van der Waals surface area contributed by atoms with Gasteiger partial charge in [-0.2, -0.15) is 5.10 Å². The molecule has 1 aliphatic rings. The van der Waals surface area contributed by atoms with Crippen molar-refractivity contribution >= 4 is 23.3 Å². The quantitative estimate of drug-likeness (QED) is 0.848. The number of carbonyl (C=O) groups is 1. The van der Waals surface area contributed by atoms with E-state index in [0.717, 1.165) is 35.5 Å². The smallest absolute Gasteiger partial charge is 0.246 e. The second kappa shape index (κ2) is 7.32. The lowest BCUT2D eigenvalue weighted by Crippen LogP contribution is -2.35. The monoisotopic (exact) mass is 345 g/mol. The summed E-state index contributed by atoms with van der Waals surface area (Å²) in [7, 11) is 1.89. The predicted octanol–water partition coefficient (Wildman–Crippen LogP) is 2.92. The van der Waals surface area contributed by atoms with Gasteiger partial charge in [0.2, 0.25) is 5.91 Å². The third-order valence-electron chi connectivity index (χ3n) is 4.71. The number of carbonyl (C=O) groups excluding carboxylic acids is 1. The Balaban J connectivity index is 1.64. The van der Waals surface area contributed by atoms with Crippen LogP contribution >= 0.6 is 11.3 Å². The zero-order valence-corrected chi connectivity index (χ0v) is 14.9. The molecular weight excluding hydrogens is 322 g/mol. The molecule has 2 aromatic heterocycles. The standard InChI is InChI=1S/C18H23N3O2S/c1-13-14(12-19-20(13)2)7-8-18(23)21-9-3-5-15(21)11-16(22)17-6-4-10-24-17/h4,6-8,10,12,15-16,22H,3,5,9,11H2,1-2H3/b8-7+. The van der Waals surface area contributed by atoms with E-state index < -0.39 is 6.10 Å². The van der Waals surface area contributed by atoms with Crippen LogP contribution in [0.25, 0.3) is 6.08 Å². The van der Waals surface area contributed by atoms with Crippen LogP contribution in [0.15, 0.2) is 29.8 Å². The van der Waals surface area contributed by atoms with Gasteiger partial charge in [-0.05, 0) is 43.7 Å². The van der Waals surface area contributed by atoms with E-state index in [2.05, 4.69) is 5.10 Å². The highest BCUT2D eigenvalue weighted by Gasteiger charge is 2.29. The summed E-state index contributed by atoms with van der Waals surface area (Å²) in [6, 6.07) is 4.00. The van der Waals surface area contributed by atoms with E-state index in [1.54, 1.807) is 28.3 Å². The molecule has 0 bridgehead atoms. The van der Waals surface area contributed by atoms with Crippen LogP contribution in [0.5, 0.6) is 0 Å². The fraction of sp³-hybridized carbons (Fsp3) is 0.444. The minimum atomic E-state index is -0.493. The number of hydrogen-bond donors (Lipinski definition) is 1. The summed E-state index contributed by atoms with van der Waals surface area (Å²) in [5.74, 6) is 0.0131. The van der Waals surface area contributed by atoms with E-state index in [1.165, 1.54) is 0 Å². The Morgan fingerprint density at radius 1 is 1.58 bits per heavy atom. The number of aliphatic hydroxyl groups excluding tert-OH is 1. The summed E-state index contributed by atoms with van der Waals surface area (Å²) in [6.07, 6.45) is 7.28. The molecule has 1 aliphatic heterocycles. The largest absolute Gasteiger partial charge is 0.387 e. The van der Waals surface area contributed by atoms with E-state index in [0.29, 0.717) is 6.42 Å². The van der Waals surface area contributed by atoms with Gasteiger partial charge in [-0.15, -0.1) is 11.3 Å². The third-order valence-corrected chi connectivity index (χ3v) is 5.68. The number of aliphatic hydroxyl groups is 1. The number of aryl methyl sites for hydroxylation is 1. The molecule has 5 nitrogen and oxygen atoms in total. The number of rotatable bonds is 5. The highest BCUT2D eigenvalue weighted by Crippen LogP contribution is 2.29. The molecule has 2 atom stereocenters. The molecule has 3 heterocycles. The van der Waals surface area contributed by atoms with Crippen molar-refractivity contribution in [2.75, 3.05) is 6.54 Å². The van der Waals surface area contributed by atoms with Crippen LogP contribution < -0.4 is 0 Å². The molecule has 0 saturated carbocycles. The molecule has 128 valence electrons. The minimum Gasteiger partial charge on any atom is -0.387 e. The third kappa shape index (κ3) is 3.60. The molecule has 0 radical (unpaired) electrons. The van der Waals surface area contributed by atoms with Gasteiger partial charge in [-0.25, -0.2) is 0 Å². The molecule has 2 unspecified atom stereocenters. The van der Waals surface area contributed by atoms with Crippen LogP contribution in [0.4, 0.5) is 0 Å². The number of nitrogens with zero attached hydrogens (tertiary/aromatic N) is 3. The predicted molar refractivity (Wildman–Crippen MR) is 95.6 cm³/mol. The van der Waals surface area contributed by atoms with Gasteiger partial charge in [-0.3, -0.25) is 9.48 Å². The fourth-order valence-electron chi connectivity index (χ4n) is 3.16. The molecule has 1 saturated heterocycles. The summed E-state index contributed by atoms with van der Waals surface area (Å²) < 4.78 is 1.79. The van der Waals surface area contributed by atoms with Crippen molar-refractivity contribution in [1.29, 1.82) is 0 Å². The van der Waals surface area contributed by atoms with E-state index in [4.69, 9.17) is 0 Å². The van der Waals surface area contributed by atoms with Crippen molar-refractivity contribution in [1.82, 2.24) is 14.7 Å². The van der Waals surface area contributed by atoms with E-state index in [9.17, 15) is 9.90 Å². The van der Waals surface area contributed by atoms with Crippen LogP contribution in [0.3, 0.4) is 0 Å². The molecule has 1 fully saturated rings. The molecule has 3 rings (SSSR count). The number of amides is 1. The molecule has 2 aromatic rings. The Kier molecular flexibility index (Phi) is 5.16. The molecule has 0 aromatic carbocycles. The van der Waals surface area contributed by atoms with Gasteiger partial charge in [0.1, 0.15) is 0 Å². The van der Waals surface area contributed by atoms with Crippen molar-refractivity contribution in [3.05, 3.63) is 45.9 Å². The highest BCUT2D eigenvalue weighted by atomic mass is 32.1. The van der Waals surface area contributed by atoms with Gasteiger partial charge in [0.05, 0.1) is 12.3 Å². The first-order valence-corrected chi connectivity index (χ1v) is 9.13. The Morgan fingerprint density at radius 2 is 2.42 bits per heavy atom. The lowest BCUT2D eigenvalue weighted by atomic mass is 10.1. The van der Waals surface area contributed by atoms with Crippen LogP contribution in [-0.2, 0) is 11.8 Å². The molecule has 0 spiro atoms. The van der Waals surface area contributed by atoms with Gasteiger partial charge in [0.25, 0.3) is 0 Å². The van der Waals surface area contributed by atoms with Gasteiger partial charge in [0, 0.05) is 41.8 Å². The summed E-state index contributed by atoms with van der Waals surface area (Å²) >= 11 is 1.56. The van der Waals surface area contributed by atoms with Crippen molar-refractivity contribution in [2.24, 2.45) is 7.05 Å². The molecule has 24 heavy (non-hydrogen) atoms. The normalized spacial score (nSPS) is 19.3. The molecule has 6 heteroatoms. The Labute approximate surface area is 146 Å². The average molecular weight is 345 g/mol. The SMILES string of the molecule is Cc1c(/C=C/C(=O)N2CCCC2CC(O)c2cccs2)cnn1C. The van der Waals surface area contributed by atoms with Gasteiger partial charge in [0.15, 0.2) is 0 Å². The molecule has 0 aliphatic carbocycles. The fourth-order valence-corrected chi connectivity index (χ4v) is 3.89. The van der Waals surface area contributed by atoms with Crippen LogP contribution in [0.1, 0.15) is 41.5 Å². The van der Waals surface area contributed by atoms with Crippen LogP contribution in [0.2, 0.25) is 0 Å². The topological polar surface area (TPSA) is 58.4 Å². The molecular formula is C18H23N3O2S. The zero-order chi connectivity index (χ0) is 17.1. The van der Waals surface area contributed by atoms with E-state index in [1.807, 2.05) is 42.5 Å². The number of aromatic nitrogens is 2. The maximum absolute atomic E-state index is 12.5. The Hall–Kier alpha value is -1.92. The van der Waals surface area contributed by atoms with Crippen molar-refractivity contribution in [3.63, 3.8) is 0 Å². The first-order chi connectivity index (χ1) is 11.6. The Bertz CT molecular complexity index is 721. The second-order valence-corrected chi connectivity index (χ2v) is 7.22. The average Bonchev–Trinajstić information content (AvgIpc) is 3.29. The summed E-state index contributed by atoms with van der Waals surface area (Å²) in [5, 5.41) is 16.5. The highest BCUT2D eigenvalue weighted by molar-refractivity contribution is 7.10. The van der Waals surface area contributed by atoms with Crippen LogP contribution in [-0.4, -0.2) is 38.3 Å². The maximum atomic E-state index is 12.5. The first-order valence-electron chi connectivity index (χ1n) is 8.25. The van der Waals surface area contributed by atoms with Gasteiger partial charge >= 0.3 is 0 Å². The zero-order valence-electron chi connectivity index (χ0n) is 14.1. The minimum absolute atomic E-state index is 0.0131. The van der Waals surface area contributed by atoms with E-state index >= 15 is 0 Å². The maximum Gasteiger partial charge on any atom is 0.246 e. The van der Waals surface area contributed by atoms with Gasteiger partial charge < -0.3 is 10.0 Å². The van der Waals surface area contributed by atoms with Gasteiger partial charge in [-0.1, -0.05) is 6.07 Å². The molecule has 1 amide bonds. The van der Waals surface area contributed by atoms with Crippen molar-refractivity contribution in [2.45, 2.75) is 38.3 Å². The number of hydrogen-bond acceptors (Lipinski definition) is 4. The van der Waals surface area contributed by atoms with Crippen molar-refractivity contribution < 1.29 is 9.90 Å². The Morgan fingerprint density at radius 3 is 3.08 bits per heavy atom.